The molecule has 0 saturated carbocycles. The molecule has 2 aromatic carbocycles. The average molecular weight is 358 g/mol. The molecule has 0 fully saturated rings. The Morgan fingerprint density at radius 3 is 2.50 bits per heavy atom. The van der Waals surface area contributed by atoms with Crippen molar-refractivity contribution in [2.24, 2.45) is 4.99 Å². The second-order valence-electron chi connectivity index (χ2n) is 5.83. The molecule has 4 nitrogen and oxygen atoms in total. The van der Waals surface area contributed by atoms with Gasteiger partial charge in [0.05, 0.1) is 17.8 Å². The number of hydrogen-bond acceptors (Lipinski definition) is 3. The molecule has 0 radical (unpaired) electrons. The maximum absolute atomic E-state index is 13.0. The van der Waals surface area contributed by atoms with Crippen LogP contribution in [0.15, 0.2) is 53.5 Å². The Labute approximate surface area is 148 Å². The van der Waals surface area contributed by atoms with Gasteiger partial charge in [-0.1, -0.05) is 36.4 Å². The number of aryl methyl sites for hydroxylation is 2. The second-order valence-corrected chi connectivity index (χ2v) is 5.83. The van der Waals surface area contributed by atoms with Crippen LogP contribution in [0.4, 0.5) is 13.2 Å². The predicted octanol–water partition coefficient (Wildman–Crippen LogP) is 4.48. The summed E-state index contributed by atoms with van der Waals surface area (Å²) in [5.74, 6) is 0. The lowest BCUT2D eigenvalue weighted by atomic mass is 9.95. The standard InChI is InChI=1S/C19H17F3N4/c1-23-12-18-17(24-26-25-18)10-9-13-5-2-3-8-16(13)14-6-4-7-15(11-14)19(20,21)22/h2-8,11H,1,9-10,12H2,(H,24,25,26). The van der Waals surface area contributed by atoms with Crippen LogP contribution in [0, 0.1) is 0 Å². The van der Waals surface area contributed by atoms with Gasteiger partial charge in [-0.3, -0.25) is 4.99 Å². The third-order valence-electron chi connectivity index (χ3n) is 4.11. The van der Waals surface area contributed by atoms with Crippen molar-refractivity contribution >= 4 is 6.72 Å². The highest BCUT2D eigenvalue weighted by Gasteiger charge is 2.30. The smallest absolute Gasteiger partial charge is 0.294 e. The fourth-order valence-electron chi connectivity index (χ4n) is 2.84. The minimum absolute atomic E-state index is 0.376. The van der Waals surface area contributed by atoms with E-state index in [1.807, 2.05) is 24.3 Å². The summed E-state index contributed by atoms with van der Waals surface area (Å²) in [6.45, 7) is 3.83. The Kier molecular flexibility index (Phi) is 5.16. The Hall–Kier alpha value is -2.96. The number of benzene rings is 2. The summed E-state index contributed by atoms with van der Waals surface area (Å²) in [5.41, 5.74) is 3.15. The van der Waals surface area contributed by atoms with Gasteiger partial charge in [0.1, 0.15) is 5.69 Å². The quantitative estimate of drug-likeness (QED) is 0.661. The number of nitrogens with zero attached hydrogens (tertiary/aromatic N) is 3. The molecule has 0 aliphatic carbocycles. The van der Waals surface area contributed by atoms with Crippen LogP contribution in [0.25, 0.3) is 11.1 Å². The Bertz CT molecular complexity index is 900. The fourth-order valence-corrected chi connectivity index (χ4v) is 2.84. The summed E-state index contributed by atoms with van der Waals surface area (Å²) in [4.78, 5) is 3.81. The normalized spacial score (nSPS) is 11.5. The number of aliphatic imine (C=N–C) groups is 1. The SMILES string of the molecule is C=NCc1n[nH]nc1CCc1ccccc1-c1cccc(C(F)(F)F)c1. The first-order valence-electron chi connectivity index (χ1n) is 8.05. The number of hydrogen-bond donors (Lipinski definition) is 1. The topological polar surface area (TPSA) is 53.9 Å². The predicted molar refractivity (Wildman–Crippen MR) is 93.9 cm³/mol. The Balaban J connectivity index is 1.87. The molecule has 0 unspecified atom stereocenters. The van der Waals surface area contributed by atoms with Crippen molar-refractivity contribution in [2.75, 3.05) is 0 Å². The highest BCUT2D eigenvalue weighted by atomic mass is 19.4. The van der Waals surface area contributed by atoms with Gasteiger partial charge in [-0.05, 0) is 48.4 Å². The van der Waals surface area contributed by atoms with Crippen LogP contribution in [-0.4, -0.2) is 22.1 Å². The zero-order valence-electron chi connectivity index (χ0n) is 13.9. The van der Waals surface area contributed by atoms with E-state index in [1.54, 1.807) is 6.07 Å². The molecule has 0 aliphatic heterocycles. The van der Waals surface area contributed by atoms with Crippen molar-refractivity contribution in [2.45, 2.75) is 25.6 Å². The second kappa shape index (κ2) is 7.51. The summed E-state index contributed by atoms with van der Waals surface area (Å²) in [5, 5.41) is 10.7. The first-order valence-corrected chi connectivity index (χ1v) is 8.05. The fraction of sp³-hybridized carbons (Fsp3) is 0.211. The molecule has 134 valence electrons. The lowest BCUT2D eigenvalue weighted by Crippen LogP contribution is -2.05. The van der Waals surface area contributed by atoms with E-state index < -0.39 is 11.7 Å². The molecule has 1 aromatic heterocycles. The van der Waals surface area contributed by atoms with Crippen molar-refractivity contribution in [1.29, 1.82) is 0 Å². The van der Waals surface area contributed by atoms with E-state index in [4.69, 9.17) is 0 Å². The highest BCUT2D eigenvalue weighted by molar-refractivity contribution is 5.68. The molecule has 1 heterocycles. The molecule has 26 heavy (non-hydrogen) atoms. The van der Waals surface area contributed by atoms with Gasteiger partial charge in [0.25, 0.3) is 0 Å². The minimum atomic E-state index is -4.36. The van der Waals surface area contributed by atoms with E-state index in [2.05, 4.69) is 27.1 Å². The Morgan fingerprint density at radius 2 is 1.73 bits per heavy atom. The van der Waals surface area contributed by atoms with Crippen LogP contribution in [-0.2, 0) is 25.6 Å². The van der Waals surface area contributed by atoms with Gasteiger partial charge in [-0.15, -0.1) is 0 Å². The number of alkyl halides is 3. The molecule has 0 bridgehead atoms. The van der Waals surface area contributed by atoms with E-state index in [0.29, 0.717) is 24.9 Å². The first kappa shape index (κ1) is 17.8. The third kappa shape index (κ3) is 3.99. The van der Waals surface area contributed by atoms with Crippen LogP contribution in [0.5, 0.6) is 0 Å². The maximum Gasteiger partial charge on any atom is 0.416 e. The van der Waals surface area contributed by atoms with Gasteiger partial charge in [-0.2, -0.15) is 28.6 Å². The average Bonchev–Trinajstić information content (AvgIpc) is 3.07. The van der Waals surface area contributed by atoms with Crippen molar-refractivity contribution in [3.63, 3.8) is 0 Å². The van der Waals surface area contributed by atoms with E-state index in [-0.39, 0.29) is 0 Å². The van der Waals surface area contributed by atoms with Gasteiger partial charge >= 0.3 is 6.18 Å². The van der Waals surface area contributed by atoms with Gasteiger partial charge in [0.2, 0.25) is 0 Å². The molecule has 0 atom stereocenters. The van der Waals surface area contributed by atoms with Crippen molar-refractivity contribution in [1.82, 2.24) is 15.4 Å². The molecular weight excluding hydrogens is 341 g/mol. The summed E-state index contributed by atoms with van der Waals surface area (Å²) < 4.78 is 39.0. The summed E-state index contributed by atoms with van der Waals surface area (Å²) in [7, 11) is 0. The van der Waals surface area contributed by atoms with E-state index in [9.17, 15) is 13.2 Å². The number of halogens is 3. The van der Waals surface area contributed by atoms with Crippen LogP contribution in [0.2, 0.25) is 0 Å². The van der Waals surface area contributed by atoms with Crippen molar-refractivity contribution in [3.05, 3.63) is 71.0 Å². The number of aromatic amines is 1. The zero-order chi connectivity index (χ0) is 18.6. The lowest BCUT2D eigenvalue weighted by molar-refractivity contribution is -0.137. The molecule has 1 N–H and O–H groups in total. The Morgan fingerprint density at radius 1 is 0.962 bits per heavy atom. The van der Waals surface area contributed by atoms with Crippen LogP contribution in [0.1, 0.15) is 22.5 Å². The monoisotopic (exact) mass is 358 g/mol. The van der Waals surface area contributed by atoms with Gasteiger partial charge in [0, 0.05) is 0 Å². The molecule has 0 spiro atoms. The summed E-state index contributed by atoms with van der Waals surface area (Å²) >= 11 is 0. The molecular formula is C19H17F3N4. The van der Waals surface area contributed by atoms with Crippen molar-refractivity contribution < 1.29 is 13.2 Å². The van der Waals surface area contributed by atoms with Crippen LogP contribution < -0.4 is 0 Å². The summed E-state index contributed by atoms with van der Waals surface area (Å²) in [6.07, 6.45) is -3.13. The number of H-pyrrole nitrogens is 1. The number of nitrogens with one attached hydrogen (secondary N) is 1. The van der Waals surface area contributed by atoms with Crippen LogP contribution in [0.3, 0.4) is 0 Å². The van der Waals surface area contributed by atoms with Crippen LogP contribution >= 0.6 is 0 Å². The molecule has 0 aliphatic rings. The van der Waals surface area contributed by atoms with Gasteiger partial charge in [0.15, 0.2) is 0 Å². The maximum atomic E-state index is 13.0. The minimum Gasteiger partial charge on any atom is -0.294 e. The van der Waals surface area contributed by atoms with E-state index in [0.717, 1.165) is 28.6 Å². The van der Waals surface area contributed by atoms with Gasteiger partial charge in [-0.25, -0.2) is 0 Å². The van der Waals surface area contributed by atoms with E-state index in [1.165, 1.54) is 12.1 Å². The van der Waals surface area contributed by atoms with E-state index >= 15 is 0 Å². The molecule has 7 heteroatoms. The van der Waals surface area contributed by atoms with Crippen molar-refractivity contribution in [3.8, 4) is 11.1 Å². The molecule has 0 amide bonds. The molecule has 3 rings (SSSR count). The number of aromatic nitrogens is 3. The largest absolute Gasteiger partial charge is 0.416 e. The lowest BCUT2D eigenvalue weighted by Gasteiger charge is -2.12. The highest BCUT2D eigenvalue weighted by Crippen LogP contribution is 2.33. The number of rotatable bonds is 6. The first-order chi connectivity index (χ1) is 12.5. The molecule has 0 saturated heterocycles. The third-order valence-corrected chi connectivity index (χ3v) is 4.11. The summed E-state index contributed by atoms with van der Waals surface area (Å²) in [6, 6.07) is 12.8. The zero-order valence-corrected chi connectivity index (χ0v) is 13.9. The molecule has 3 aromatic rings. The van der Waals surface area contributed by atoms with Gasteiger partial charge < -0.3 is 0 Å².